The molecule has 3 atom stereocenters. The lowest BCUT2D eigenvalue weighted by molar-refractivity contribution is -0.125. The molecule has 0 saturated carbocycles. The van der Waals surface area contributed by atoms with E-state index in [0.29, 0.717) is 18.4 Å². The lowest BCUT2D eigenvalue weighted by Gasteiger charge is -2.21. The van der Waals surface area contributed by atoms with Gasteiger partial charge in [0.05, 0.1) is 12.5 Å². The normalized spacial score (nSPS) is 22.5. The zero-order chi connectivity index (χ0) is 18.5. The van der Waals surface area contributed by atoms with E-state index >= 15 is 0 Å². The number of carbonyl (C=O) groups excluding carboxylic acids is 1. The fourth-order valence-corrected chi connectivity index (χ4v) is 6.77. The highest BCUT2D eigenvalue weighted by Crippen LogP contribution is 2.42. The SMILES string of the molecule is CCCC(C(=O)NCCC1COc2ccc(C(=N)N)cc21)C1CCSS1. The largest absolute Gasteiger partial charge is 0.493 e. The van der Waals surface area contributed by atoms with Gasteiger partial charge in [-0.05, 0) is 37.5 Å². The fourth-order valence-electron chi connectivity index (χ4n) is 3.60. The van der Waals surface area contributed by atoms with Crippen molar-refractivity contribution in [2.45, 2.75) is 43.8 Å². The number of rotatable bonds is 8. The molecule has 0 aromatic heterocycles. The van der Waals surface area contributed by atoms with Crippen LogP contribution in [0, 0.1) is 11.3 Å². The van der Waals surface area contributed by atoms with Crippen molar-refractivity contribution in [2.24, 2.45) is 11.7 Å². The number of benzene rings is 1. The summed E-state index contributed by atoms with van der Waals surface area (Å²) >= 11 is 0. The quantitative estimate of drug-likeness (QED) is 0.357. The second kappa shape index (κ2) is 9.04. The van der Waals surface area contributed by atoms with E-state index in [9.17, 15) is 4.79 Å². The molecule has 3 rings (SSSR count). The van der Waals surface area contributed by atoms with Crippen LogP contribution in [0.5, 0.6) is 5.75 Å². The number of ether oxygens (including phenoxy) is 1. The number of fused-ring (bicyclic) bond motifs is 1. The highest BCUT2D eigenvalue weighted by molar-refractivity contribution is 8.77. The van der Waals surface area contributed by atoms with Crippen molar-refractivity contribution in [1.29, 1.82) is 5.41 Å². The lowest BCUT2D eigenvalue weighted by atomic mass is 9.94. The second-order valence-electron chi connectivity index (χ2n) is 6.89. The number of carbonyl (C=O) groups is 1. The lowest BCUT2D eigenvalue weighted by Crippen LogP contribution is -2.36. The topological polar surface area (TPSA) is 88.2 Å². The van der Waals surface area contributed by atoms with Gasteiger partial charge >= 0.3 is 0 Å². The molecule has 1 amide bonds. The van der Waals surface area contributed by atoms with Gasteiger partial charge in [-0.15, -0.1) is 0 Å². The van der Waals surface area contributed by atoms with Gasteiger partial charge in [0.25, 0.3) is 0 Å². The van der Waals surface area contributed by atoms with E-state index in [4.69, 9.17) is 15.9 Å². The van der Waals surface area contributed by atoms with E-state index in [1.807, 2.05) is 39.8 Å². The molecule has 2 aliphatic rings. The number of nitrogens with one attached hydrogen (secondary N) is 2. The summed E-state index contributed by atoms with van der Waals surface area (Å²) in [6.07, 6.45) is 3.97. The third-order valence-electron chi connectivity index (χ3n) is 5.06. The summed E-state index contributed by atoms with van der Waals surface area (Å²) in [6.45, 7) is 3.42. The Bertz CT molecular complexity index is 662. The third-order valence-corrected chi connectivity index (χ3v) is 8.05. The van der Waals surface area contributed by atoms with Gasteiger partial charge in [-0.3, -0.25) is 10.2 Å². The minimum absolute atomic E-state index is 0.0705. The highest BCUT2D eigenvalue weighted by Gasteiger charge is 2.31. The molecule has 1 aromatic carbocycles. The first kappa shape index (κ1) is 19.4. The molecule has 0 aliphatic carbocycles. The van der Waals surface area contributed by atoms with Gasteiger partial charge in [0.1, 0.15) is 11.6 Å². The predicted molar refractivity (Wildman–Crippen MR) is 110 cm³/mol. The fraction of sp³-hybridized carbons (Fsp3) is 0.579. The Hall–Kier alpha value is -1.34. The standard InChI is InChI=1S/C19H27N3O2S2/c1-2-3-14(17-7-9-25-26-17)19(23)22-8-6-13-11-24-16-5-4-12(18(20)21)10-15(13)16/h4-5,10,13-14,17H,2-3,6-9,11H2,1H3,(H3,20,21)(H,22,23). The molecule has 142 valence electrons. The smallest absolute Gasteiger partial charge is 0.224 e. The van der Waals surface area contributed by atoms with Crippen LogP contribution in [0.4, 0.5) is 0 Å². The van der Waals surface area contributed by atoms with Crippen LogP contribution >= 0.6 is 21.6 Å². The first-order chi connectivity index (χ1) is 12.6. The maximum atomic E-state index is 12.7. The summed E-state index contributed by atoms with van der Waals surface area (Å²) in [5.41, 5.74) is 7.42. The number of nitrogen functional groups attached to an aromatic ring is 1. The molecule has 1 aromatic rings. The molecule has 26 heavy (non-hydrogen) atoms. The molecule has 4 N–H and O–H groups in total. The molecule has 0 bridgehead atoms. The number of amides is 1. The van der Waals surface area contributed by atoms with Crippen molar-refractivity contribution in [1.82, 2.24) is 5.32 Å². The van der Waals surface area contributed by atoms with Crippen LogP contribution in [0.2, 0.25) is 0 Å². The maximum Gasteiger partial charge on any atom is 0.224 e. The second-order valence-corrected chi connectivity index (χ2v) is 9.62. The molecule has 5 nitrogen and oxygen atoms in total. The summed E-state index contributed by atoms with van der Waals surface area (Å²) in [6, 6.07) is 5.65. The van der Waals surface area contributed by atoms with Crippen LogP contribution in [0.1, 0.15) is 49.7 Å². The number of hydrogen-bond acceptors (Lipinski definition) is 5. The molecule has 2 heterocycles. The van der Waals surface area contributed by atoms with E-state index in [1.54, 1.807) is 0 Å². The molecule has 0 spiro atoms. The molecular weight excluding hydrogens is 366 g/mol. The summed E-state index contributed by atoms with van der Waals surface area (Å²) < 4.78 is 5.74. The van der Waals surface area contributed by atoms with E-state index in [1.165, 1.54) is 0 Å². The molecule has 2 aliphatic heterocycles. The summed E-state index contributed by atoms with van der Waals surface area (Å²) in [7, 11) is 3.76. The Balaban J connectivity index is 1.54. The van der Waals surface area contributed by atoms with Crippen LogP contribution in [-0.4, -0.2) is 35.9 Å². The van der Waals surface area contributed by atoms with Gasteiger partial charge in [-0.1, -0.05) is 34.9 Å². The number of hydrogen-bond donors (Lipinski definition) is 3. The van der Waals surface area contributed by atoms with Crippen molar-refractivity contribution in [3.05, 3.63) is 29.3 Å². The predicted octanol–water partition coefficient (Wildman–Crippen LogP) is 3.52. The van der Waals surface area contributed by atoms with Gasteiger partial charge in [0.15, 0.2) is 0 Å². The van der Waals surface area contributed by atoms with E-state index in [0.717, 1.165) is 48.3 Å². The van der Waals surface area contributed by atoms with Gasteiger partial charge in [0, 0.05) is 34.6 Å². The summed E-state index contributed by atoms with van der Waals surface area (Å²) in [5, 5.41) is 11.2. The molecule has 0 radical (unpaired) electrons. The molecule has 7 heteroatoms. The average Bonchev–Trinajstić information content (AvgIpc) is 3.29. The molecular formula is C19H27N3O2S2. The van der Waals surface area contributed by atoms with Crippen molar-refractivity contribution in [2.75, 3.05) is 18.9 Å². The van der Waals surface area contributed by atoms with Gasteiger partial charge < -0.3 is 15.8 Å². The molecule has 1 fully saturated rings. The zero-order valence-corrected chi connectivity index (χ0v) is 16.8. The highest BCUT2D eigenvalue weighted by atomic mass is 33.1. The van der Waals surface area contributed by atoms with Crippen LogP contribution in [0.15, 0.2) is 18.2 Å². The Labute approximate surface area is 163 Å². The Morgan fingerprint density at radius 2 is 2.35 bits per heavy atom. The third kappa shape index (κ3) is 4.49. The minimum atomic E-state index is 0.0705. The Morgan fingerprint density at radius 3 is 3.04 bits per heavy atom. The van der Waals surface area contributed by atoms with Crippen LogP contribution in [0.25, 0.3) is 0 Å². The van der Waals surface area contributed by atoms with E-state index < -0.39 is 0 Å². The van der Waals surface area contributed by atoms with Crippen LogP contribution in [-0.2, 0) is 4.79 Å². The summed E-state index contributed by atoms with van der Waals surface area (Å²) in [4.78, 5) is 12.7. The average molecular weight is 394 g/mol. The van der Waals surface area contributed by atoms with Crippen molar-refractivity contribution < 1.29 is 9.53 Å². The first-order valence-corrected chi connectivity index (χ1v) is 11.7. The van der Waals surface area contributed by atoms with Crippen LogP contribution in [0.3, 0.4) is 0 Å². The number of nitrogens with two attached hydrogens (primary N) is 1. The Morgan fingerprint density at radius 1 is 1.50 bits per heavy atom. The minimum Gasteiger partial charge on any atom is -0.493 e. The molecule has 3 unspecified atom stereocenters. The van der Waals surface area contributed by atoms with Gasteiger partial charge in [-0.2, -0.15) is 0 Å². The monoisotopic (exact) mass is 393 g/mol. The zero-order valence-electron chi connectivity index (χ0n) is 15.1. The first-order valence-electron chi connectivity index (χ1n) is 9.27. The van der Waals surface area contributed by atoms with Crippen LogP contribution < -0.4 is 15.8 Å². The van der Waals surface area contributed by atoms with Gasteiger partial charge in [0.2, 0.25) is 5.91 Å². The van der Waals surface area contributed by atoms with Gasteiger partial charge in [-0.25, -0.2) is 0 Å². The van der Waals surface area contributed by atoms with Crippen molar-refractivity contribution in [3.63, 3.8) is 0 Å². The van der Waals surface area contributed by atoms with Crippen molar-refractivity contribution in [3.8, 4) is 5.75 Å². The van der Waals surface area contributed by atoms with Crippen molar-refractivity contribution >= 4 is 33.3 Å². The van der Waals surface area contributed by atoms with E-state index in [-0.39, 0.29) is 23.6 Å². The summed E-state index contributed by atoms with van der Waals surface area (Å²) in [5.74, 6) is 2.65. The Kier molecular flexibility index (Phi) is 6.75. The van der Waals surface area contributed by atoms with E-state index in [2.05, 4.69) is 12.2 Å². The number of amidine groups is 1. The maximum absolute atomic E-state index is 12.7. The molecule has 1 saturated heterocycles.